The molecule has 1 fully saturated rings. The van der Waals surface area contributed by atoms with Crippen molar-refractivity contribution >= 4 is 22.8 Å². The second-order valence-electron chi connectivity index (χ2n) is 4.79. The number of carbonyl (C=O) groups is 1. The standard InChI is InChI=1S/C13H14N2O4/c16-12(17)13(18)3-6-15(7-4-13)11-9-2-8-19-10(9)1-5-14-11/h1-2,5,8,18H,3-4,6-7H2,(H,16,17). The third-order valence-corrected chi connectivity index (χ3v) is 3.65. The van der Waals surface area contributed by atoms with Crippen LogP contribution in [-0.4, -0.2) is 39.9 Å². The van der Waals surface area contributed by atoms with Gasteiger partial charge in [-0.1, -0.05) is 0 Å². The number of nitrogens with zero attached hydrogens (tertiary/aromatic N) is 2. The molecule has 2 aromatic heterocycles. The van der Waals surface area contributed by atoms with Crippen LogP contribution in [0.2, 0.25) is 0 Å². The summed E-state index contributed by atoms with van der Waals surface area (Å²) in [5, 5.41) is 19.8. The third-order valence-electron chi connectivity index (χ3n) is 3.65. The van der Waals surface area contributed by atoms with E-state index in [1.165, 1.54) is 0 Å². The number of aromatic nitrogens is 1. The molecule has 0 saturated carbocycles. The maximum absolute atomic E-state index is 11.0. The molecule has 1 aliphatic rings. The second-order valence-corrected chi connectivity index (χ2v) is 4.79. The molecule has 6 heteroatoms. The van der Waals surface area contributed by atoms with Crippen molar-refractivity contribution in [3.8, 4) is 0 Å². The van der Waals surface area contributed by atoms with E-state index >= 15 is 0 Å². The van der Waals surface area contributed by atoms with Gasteiger partial charge < -0.3 is 19.5 Å². The van der Waals surface area contributed by atoms with Gasteiger partial charge in [0.25, 0.3) is 0 Å². The highest BCUT2D eigenvalue weighted by atomic mass is 16.4. The van der Waals surface area contributed by atoms with Crippen LogP contribution in [0.5, 0.6) is 0 Å². The van der Waals surface area contributed by atoms with Crippen molar-refractivity contribution in [2.24, 2.45) is 0 Å². The van der Waals surface area contributed by atoms with Crippen LogP contribution in [0.3, 0.4) is 0 Å². The minimum absolute atomic E-state index is 0.193. The summed E-state index contributed by atoms with van der Waals surface area (Å²) in [4.78, 5) is 17.3. The molecule has 0 atom stereocenters. The molecule has 0 amide bonds. The van der Waals surface area contributed by atoms with E-state index in [2.05, 4.69) is 4.98 Å². The van der Waals surface area contributed by atoms with E-state index < -0.39 is 11.6 Å². The van der Waals surface area contributed by atoms with E-state index in [1.807, 2.05) is 11.0 Å². The average molecular weight is 262 g/mol. The number of piperidine rings is 1. The van der Waals surface area contributed by atoms with Crippen LogP contribution in [0, 0.1) is 0 Å². The lowest BCUT2D eigenvalue weighted by Crippen LogP contribution is -2.49. The molecule has 3 rings (SSSR count). The topological polar surface area (TPSA) is 86.8 Å². The molecule has 0 spiro atoms. The molecule has 1 aliphatic heterocycles. The van der Waals surface area contributed by atoms with Crippen molar-refractivity contribution in [1.29, 1.82) is 0 Å². The van der Waals surface area contributed by atoms with Crippen LogP contribution in [0.25, 0.3) is 11.0 Å². The van der Waals surface area contributed by atoms with E-state index in [9.17, 15) is 9.90 Å². The van der Waals surface area contributed by atoms with Crippen molar-refractivity contribution in [2.45, 2.75) is 18.4 Å². The summed E-state index contributed by atoms with van der Waals surface area (Å²) < 4.78 is 5.32. The first-order valence-electron chi connectivity index (χ1n) is 6.13. The highest BCUT2D eigenvalue weighted by Crippen LogP contribution is 2.30. The van der Waals surface area contributed by atoms with Crippen molar-refractivity contribution < 1.29 is 19.4 Å². The molecular weight excluding hydrogens is 248 g/mol. The number of carboxylic acids is 1. The molecule has 0 aromatic carbocycles. The number of aliphatic carboxylic acids is 1. The number of anilines is 1. The Bertz CT molecular complexity index is 614. The van der Waals surface area contributed by atoms with Gasteiger partial charge in [-0.25, -0.2) is 9.78 Å². The fraction of sp³-hybridized carbons (Fsp3) is 0.385. The Labute approximate surface area is 109 Å². The van der Waals surface area contributed by atoms with E-state index in [4.69, 9.17) is 9.52 Å². The number of furan rings is 1. The zero-order valence-corrected chi connectivity index (χ0v) is 10.2. The van der Waals surface area contributed by atoms with Gasteiger partial charge in [-0.15, -0.1) is 0 Å². The molecular formula is C13H14N2O4. The summed E-state index contributed by atoms with van der Waals surface area (Å²) in [5.74, 6) is -0.375. The predicted octanol–water partition coefficient (Wildman–Crippen LogP) is 1.24. The predicted molar refractivity (Wildman–Crippen MR) is 68.0 cm³/mol. The number of pyridine rings is 1. The van der Waals surface area contributed by atoms with Crippen LogP contribution in [-0.2, 0) is 4.79 Å². The molecule has 1 saturated heterocycles. The van der Waals surface area contributed by atoms with E-state index in [0.29, 0.717) is 13.1 Å². The van der Waals surface area contributed by atoms with Gasteiger partial charge >= 0.3 is 5.97 Å². The first-order chi connectivity index (χ1) is 9.10. The molecule has 100 valence electrons. The summed E-state index contributed by atoms with van der Waals surface area (Å²) in [7, 11) is 0. The molecule has 3 heterocycles. The second kappa shape index (κ2) is 4.24. The Morgan fingerprint density at radius 3 is 2.79 bits per heavy atom. The number of aliphatic hydroxyl groups is 1. The fourth-order valence-electron chi connectivity index (χ4n) is 2.43. The zero-order chi connectivity index (χ0) is 13.5. The Balaban J connectivity index is 1.86. The Hall–Kier alpha value is -2.08. The molecule has 0 unspecified atom stereocenters. The van der Waals surface area contributed by atoms with Crippen LogP contribution < -0.4 is 4.90 Å². The number of hydrogen-bond acceptors (Lipinski definition) is 5. The fourth-order valence-corrected chi connectivity index (χ4v) is 2.43. The van der Waals surface area contributed by atoms with E-state index in [1.54, 1.807) is 18.5 Å². The molecule has 0 bridgehead atoms. The molecule has 6 nitrogen and oxygen atoms in total. The van der Waals surface area contributed by atoms with E-state index in [0.717, 1.165) is 16.8 Å². The van der Waals surface area contributed by atoms with Gasteiger partial charge in [-0.3, -0.25) is 0 Å². The summed E-state index contributed by atoms with van der Waals surface area (Å²) in [5.41, 5.74) is -0.857. The van der Waals surface area contributed by atoms with Gasteiger partial charge in [-0.05, 0) is 12.1 Å². The maximum atomic E-state index is 11.0. The zero-order valence-electron chi connectivity index (χ0n) is 10.2. The quantitative estimate of drug-likeness (QED) is 0.846. The SMILES string of the molecule is O=C(O)C1(O)CCN(c2nccc3occc23)CC1. The van der Waals surface area contributed by atoms with Crippen molar-refractivity contribution in [1.82, 2.24) is 4.98 Å². The van der Waals surface area contributed by atoms with Crippen molar-refractivity contribution in [3.05, 3.63) is 24.6 Å². The third kappa shape index (κ3) is 1.94. The van der Waals surface area contributed by atoms with Crippen LogP contribution in [0.1, 0.15) is 12.8 Å². The molecule has 0 radical (unpaired) electrons. The first-order valence-corrected chi connectivity index (χ1v) is 6.13. The van der Waals surface area contributed by atoms with Crippen LogP contribution in [0.4, 0.5) is 5.82 Å². The Morgan fingerprint density at radius 2 is 2.11 bits per heavy atom. The molecule has 0 aliphatic carbocycles. The number of hydrogen-bond donors (Lipinski definition) is 2. The van der Waals surface area contributed by atoms with Gasteiger partial charge in [-0.2, -0.15) is 0 Å². The Kier molecular flexibility index (Phi) is 2.67. The van der Waals surface area contributed by atoms with E-state index in [-0.39, 0.29) is 12.8 Å². The smallest absolute Gasteiger partial charge is 0.335 e. The van der Waals surface area contributed by atoms with Crippen molar-refractivity contribution in [3.63, 3.8) is 0 Å². The largest absolute Gasteiger partial charge is 0.479 e. The summed E-state index contributed by atoms with van der Waals surface area (Å²) >= 11 is 0. The minimum Gasteiger partial charge on any atom is -0.479 e. The molecule has 2 N–H and O–H groups in total. The average Bonchev–Trinajstić information content (AvgIpc) is 2.87. The Morgan fingerprint density at radius 1 is 1.37 bits per heavy atom. The van der Waals surface area contributed by atoms with Gasteiger partial charge in [0.05, 0.1) is 11.6 Å². The number of fused-ring (bicyclic) bond motifs is 1. The van der Waals surface area contributed by atoms with Gasteiger partial charge in [0.15, 0.2) is 5.60 Å². The van der Waals surface area contributed by atoms with Gasteiger partial charge in [0.2, 0.25) is 0 Å². The van der Waals surface area contributed by atoms with Gasteiger partial charge in [0.1, 0.15) is 11.4 Å². The highest BCUT2D eigenvalue weighted by Gasteiger charge is 2.39. The summed E-state index contributed by atoms with van der Waals surface area (Å²) in [6.07, 6.45) is 3.66. The monoisotopic (exact) mass is 262 g/mol. The lowest BCUT2D eigenvalue weighted by atomic mass is 9.91. The summed E-state index contributed by atoms with van der Waals surface area (Å²) in [6.45, 7) is 0.917. The lowest BCUT2D eigenvalue weighted by molar-refractivity contribution is -0.160. The number of rotatable bonds is 2. The van der Waals surface area contributed by atoms with Crippen LogP contribution >= 0.6 is 0 Å². The normalized spacial score (nSPS) is 18.7. The lowest BCUT2D eigenvalue weighted by Gasteiger charge is -2.36. The molecule has 19 heavy (non-hydrogen) atoms. The summed E-state index contributed by atoms with van der Waals surface area (Å²) in [6, 6.07) is 3.63. The maximum Gasteiger partial charge on any atom is 0.335 e. The van der Waals surface area contributed by atoms with Crippen molar-refractivity contribution in [2.75, 3.05) is 18.0 Å². The molecule has 2 aromatic rings. The highest BCUT2D eigenvalue weighted by molar-refractivity contribution is 5.88. The van der Waals surface area contributed by atoms with Gasteiger partial charge in [0, 0.05) is 32.1 Å². The first kappa shape index (κ1) is 12.0. The number of carboxylic acid groups (broad SMARTS) is 1. The minimum atomic E-state index is -1.61. The van der Waals surface area contributed by atoms with Crippen LogP contribution in [0.15, 0.2) is 29.0 Å².